The fourth-order valence-corrected chi connectivity index (χ4v) is 2.96. The van der Waals surface area contributed by atoms with Crippen LogP contribution in [0.3, 0.4) is 0 Å². The standard InChI is InChI=1S/C19H29N5/c1-5-17-16(18(6-2)24(4)23-17)14-22-19(20-3)21-13-12-15-10-8-7-9-11-15/h7-11H,5-6,12-14H2,1-4H3,(H2,20,21,22). The molecule has 1 heterocycles. The number of rotatable bonds is 7. The number of benzene rings is 1. The predicted molar refractivity (Wildman–Crippen MR) is 100 cm³/mol. The first-order valence-corrected chi connectivity index (χ1v) is 8.71. The summed E-state index contributed by atoms with van der Waals surface area (Å²) in [5.74, 6) is 0.832. The first-order chi connectivity index (χ1) is 11.7. The van der Waals surface area contributed by atoms with Gasteiger partial charge in [-0.1, -0.05) is 44.2 Å². The maximum Gasteiger partial charge on any atom is 0.191 e. The average molecular weight is 327 g/mol. The third kappa shape index (κ3) is 4.60. The van der Waals surface area contributed by atoms with E-state index in [2.05, 4.69) is 58.8 Å². The Bertz CT molecular complexity index is 658. The fraction of sp³-hybridized carbons (Fsp3) is 0.474. The van der Waals surface area contributed by atoms with Gasteiger partial charge in [-0.25, -0.2) is 0 Å². The lowest BCUT2D eigenvalue weighted by Crippen LogP contribution is -2.38. The van der Waals surface area contributed by atoms with Crippen LogP contribution in [-0.4, -0.2) is 29.3 Å². The van der Waals surface area contributed by atoms with Crippen LogP contribution in [-0.2, 0) is 32.9 Å². The first kappa shape index (κ1) is 18.0. The minimum absolute atomic E-state index is 0.755. The van der Waals surface area contributed by atoms with Crippen molar-refractivity contribution in [1.29, 1.82) is 0 Å². The summed E-state index contributed by atoms with van der Waals surface area (Å²) in [7, 11) is 3.83. The minimum Gasteiger partial charge on any atom is -0.356 e. The van der Waals surface area contributed by atoms with Crippen molar-refractivity contribution in [3.8, 4) is 0 Å². The molecule has 24 heavy (non-hydrogen) atoms. The number of hydrogen-bond donors (Lipinski definition) is 2. The quantitative estimate of drug-likeness (QED) is 0.607. The SMILES string of the molecule is CCc1nn(C)c(CC)c1CNC(=NC)NCCc1ccccc1. The molecule has 1 aromatic heterocycles. The third-order valence-electron chi connectivity index (χ3n) is 4.23. The third-order valence-corrected chi connectivity index (χ3v) is 4.23. The Hall–Kier alpha value is -2.30. The second kappa shape index (κ2) is 9.11. The number of guanidine groups is 1. The Kier molecular flexibility index (Phi) is 6.85. The Morgan fingerprint density at radius 3 is 2.50 bits per heavy atom. The molecule has 0 aliphatic rings. The molecule has 1 aromatic carbocycles. The zero-order valence-corrected chi connectivity index (χ0v) is 15.3. The fourth-order valence-electron chi connectivity index (χ4n) is 2.96. The average Bonchev–Trinajstić information content (AvgIpc) is 2.93. The van der Waals surface area contributed by atoms with Gasteiger partial charge in [0.15, 0.2) is 5.96 Å². The van der Waals surface area contributed by atoms with Crippen molar-refractivity contribution in [2.45, 2.75) is 39.7 Å². The molecule has 0 bridgehead atoms. The number of aromatic nitrogens is 2. The molecule has 0 atom stereocenters. The summed E-state index contributed by atoms with van der Waals surface area (Å²) in [6.07, 6.45) is 2.92. The smallest absolute Gasteiger partial charge is 0.191 e. The maximum atomic E-state index is 4.62. The van der Waals surface area contributed by atoms with Crippen LogP contribution in [0.1, 0.15) is 36.4 Å². The monoisotopic (exact) mass is 327 g/mol. The van der Waals surface area contributed by atoms with Crippen LogP contribution in [0.25, 0.3) is 0 Å². The van der Waals surface area contributed by atoms with Gasteiger partial charge in [-0.2, -0.15) is 5.10 Å². The number of nitrogens with one attached hydrogen (secondary N) is 2. The Balaban J connectivity index is 1.90. The molecule has 0 radical (unpaired) electrons. The molecular weight excluding hydrogens is 298 g/mol. The summed E-state index contributed by atoms with van der Waals surface area (Å²) in [5.41, 5.74) is 5.09. The lowest BCUT2D eigenvalue weighted by molar-refractivity contribution is 0.702. The van der Waals surface area contributed by atoms with Gasteiger partial charge in [0.2, 0.25) is 0 Å². The molecule has 0 fully saturated rings. The number of aliphatic imine (C=N–C) groups is 1. The predicted octanol–water partition coefficient (Wildman–Crippen LogP) is 2.45. The molecule has 2 rings (SSSR count). The van der Waals surface area contributed by atoms with Crippen LogP contribution in [0.2, 0.25) is 0 Å². The van der Waals surface area contributed by atoms with Crippen molar-refractivity contribution in [2.24, 2.45) is 12.0 Å². The van der Waals surface area contributed by atoms with Gasteiger partial charge in [-0.05, 0) is 24.8 Å². The zero-order valence-electron chi connectivity index (χ0n) is 15.3. The van der Waals surface area contributed by atoms with Gasteiger partial charge >= 0.3 is 0 Å². The highest BCUT2D eigenvalue weighted by Gasteiger charge is 2.13. The van der Waals surface area contributed by atoms with Gasteiger partial charge < -0.3 is 10.6 Å². The maximum absolute atomic E-state index is 4.62. The summed E-state index contributed by atoms with van der Waals surface area (Å²) in [5, 5.41) is 11.4. The van der Waals surface area contributed by atoms with E-state index in [1.165, 1.54) is 22.5 Å². The van der Waals surface area contributed by atoms with E-state index < -0.39 is 0 Å². The van der Waals surface area contributed by atoms with Gasteiger partial charge in [0, 0.05) is 38.4 Å². The lowest BCUT2D eigenvalue weighted by atomic mass is 10.1. The normalized spacial score (nSPS) is 11.6. The van der Waals surface area contributed by atoms with E-state index in [0.717, 1.165) is 38.3 Å². The number of aryl methyl sites for hydroxylation is 2. The van der Waals surface area contributed by atoms with E-state index in [1.807, 2.05) is 24.8 Å². The highest BCUT2D eigenvalue weighted by molar-refractivity contribution is 5.79. The minimum atomic E-state index is 0.755. The van der Waals surface area contributed by atoms with Gasteiger partial charge in [0.05, 0.1) is 5.69 Å². The molecule has 0 spiro atoms. The van der Waals surface area contributed by atoms with Crippen LogP contribution < -0.4 is 10.6 Å². The van der Waals surface area contributed by atoms with Crippen molar-refractivity contribution in [3.63, 3.8) is 0 Å². The summed E-state index contributed by atoms with van der Waals surface area (Å²) in [4.78, 5) is 4.32. The summed E-state index contributed by atoms with van der Waals surface area (Å²) >= 11 is 0. The highest BCUT2D eigenvalue weighted by atomic mass is 15.3. The largest absolute Gasteiger partial charge is 0.356 e. The van der Waals surface area contributed by atoms with Crippen molar-refractivity contribution in [3.05, 3.63) is 52.8 Å². The molecule has 0 saturated heterocycles. The summed E-state index contributed by atoms with van der Waals surface area (Å²) in [6.45, 7) is 5.94. The molecule has 2 N–H and O–H groups in total. The second-order valence-corrected chi connectivity index (χ2v) is 5.79. The molecular formula is C19H29N5. The van der Waals surface area contributed by atoms with Gasteiger partial charge in [0.1, 0.15) is 0 Å². The van der Waals surface area contributed by atoms with Crippen molar-refractivity contribution >= 4 is 5.96 Å². The van der Waals surface area contributed by atoms with Crippen LogP contribution in [0.4, 0.5) is 0 Å². The van der Waals surface area contributed by atoms with Crippen LogP contribution in [0.15, 0.2) is 35.3 Å². The molecule has 0 unspecified atom stereocenters. The van der Waals surface area contributed by atoms with E-state index in [4.69, 9.17) is 0 Å². The Morgan fingerprint density at radius 2 is 1.88 bits per heavy atom. The molecule has 2 aromatic rings. The molecule has 5 heteroatoms. The van der Waals surface area contributed by atoms with Gasteiger partial charge in [-0.15, -0.1) is 0 Å². The van der Waals surface area contributed by atoms with Gasteiger partial charge in [0.25, 0.3) is 0 Å². The van der Waals surface area contributed by atoms with Crippen LogP contribution in [0.5, 0.6) is 0 Å². The Labute approximate surface area is 145 Å². The molecule has 0 aliphatic heterocycles. The van der Waals surface area contributed by atoms with Crippen molar-refractivity contribution in [2.75, 3.05) is 13.6 Å². The second-order valence-electron chi connectivity index (χ2n) is 5.79. The van der Waals surface area contributed by atoms with Crippen molar-refractivity contribution < 1.29 is 0 Å². The van der Waals surface area contributed by atoms with Gasteiger partial charge in [-0.3, -0.25) is 9.67 Å². The van der Waals surface area contributed by atoms with E-state index >= 15 is 0 Å². The van der Waals surface area contributed by atoms with Crippen molar-refractivity contribution in [1.82, 2.24) is 20.4 Å². The topological polar surface area (TPSA) is 54.2 Å². The summed E-state index contributed by atoms with van der Waals surface area (Å²) in [6, 6.07) is 10.5. The van der Waals surface area contributed by atoms with E-state index in [9.17, 15) is 0 Å². The molecule has 0 saturated carbocycles. The number of hydrogen-bond acceptors (Lipinski definition) is 2. The Morgan fingerprint density at radius 1 is 1.12 bits per heavy atom. The highest BCUT2D eigenvalue weighted by Crippen LogP contribution is 2.15. The summed E-state index contributed by atoms with van der Waals surface area (Å²) < 4.78 is 2.00. The van der Waals surface area contributed by atoms with Crippen LogP contribution in [0, 0.1) is 0 Å². The van der Waals surface area contributed by atoms with E-state index in [-0.39, 0.29) is 0 Å². The lowest BCUT2D eigenvalue weighted by Gasteiger charge is -2.13. The molecule has 0 amide bonds. The number of nitrogens with zero attached hydrogens (tertiary/aromatic N) is 3. The van der Waals surface area contributed by atoms with E-state index in [0.29, 0.717) is 0 Å². The zero-order chi connectivity index (χ0) is 17.4. The molecule has 5 nitrogen and oxygen atoms in total. The molecule has 0 aliphatic carbocycles. The van der Waals surface area contributed by atoms with E-state index in [1.54, 1.807) is 0 Å². The first-order valence-electron chi connectivity index (χ1n) is 8.71. The molecule has 130 valence electrons. The van der Waals surface area contributed by atoms with Crippen LogP contribution >= 0.6 is 0 Å².